The lowest BCUT2D eigenvalue weighted by molar-refractivity contribution is -0.348. The molecule has 0 aliphatic heterocycles. The number of benzene rings is 2. The minimum absolute atomic E-state index is 0.309. The summed E-state index contributed by atoms with van der Waals surface area (Å²) in [6.45, 7) is 8.71. The quantitative estimate of drug-likeness (QED) is 0.0213. The van der Waals surface area contributed by atoms with Crippen molar-refractivity contribution < 1.29 is 43.4 Å². The Kier molecular flexibility index (Phi) is 33.6. The summed E-state index contributed by atoms with van der Waals surface area (Å²) in [6.07, 6.45) is 32.1. The van der Waals surface area contributed by atoms with E-state index in [-0.39, 0.29) is 0 Å². The molecule has 0 spiro atoms. The van der Waals surface area contributed by atoms with Crippen molar-refractivity contribution in [2.45, 2.75) is 246 Å². The molecule has 0 radical (unpaired) electrons. The number of hydrogen-bond acceptors (Lipinski definition) is 9. The normalized spacial score (nSPS) is 12.2. The smallest absolute Gasteiger partial charge is 0.400 e. The zero-order valence-corrected chi connectivity index (χ0v) is 39.6. The molecule has 0 aliphatic carbocycles. The molecule has 2 aromatic rings. The molecular weight excluding hydrogens is 781 g/mol. The van der Waals surface area contributed by atoms with Gasteiger partial charge in [-0.05, 0) is 61.1 Å². The fourth-order valence-corrected chi connectivity index (χ4v) is 7.64. The van der Waals surface area contributed by atoms with Crippen LogP contribution in [0.15, 0.2) is 48.5 Å². The van der Waals surface area contributed by atoms with E-state index in [1.807, 2.05) is 24.3 Å². The standard InChI is InChI=1S/C53H86O9/c1-5-9-11-13-15-17-19-21-23-25-27-29-31-35-49(59-61-51(54)47-41-37-45(33-7-3)38-42-47)57-53(56)58-50(60-62-52(55)48-43-39-46(34-8-4)40-44-48)36-32-30-28-26-24-22-20-18-16-14-12-10-6-2/h37-44,49-50H,5-36H2,1-4H3. The zero-order valence-electron chi connectivity index (χ0n) is 39.6. The number of unbranched alkanes of at least 4 members (excludes halogenated alkanes) is 24. The number of carbonyl (C=O) groups is 3. The van der Waals surface area contributed by atoms with Crippen molar-refractivity contribution in [3.05, 3.63) is 70.8 Å². The lowest BCUT2D eigenvalue weighted by Gasteiger charge is -2.20. The highest BCUT2D eigenvalue weighted by Crippen LogP contribution is 2.20. The van der Waals surface area contributed by atoms with Crippen LogP contribution in [0.25, 0.3) is 0 Å². The molecule has 9 nitrogen and oxygen atoms in total. The Balaban J connectivity index is 1.93. The fraction of sp³-hybridized carbons (Fsp3) is 0.717. The van der Waals surface area contributed by atoms with Crippen LogP contribution >= 0.6 is 0 Å². The van der Waals surface area contributed by atoms with Crippen LogP contribution in [0.4, 0.5) is 4.79 Å². The van der Waals surface area contributed by atoms with Crippen LogP contribution in [0, 0.1) is 0 Å². The molecule has 62 heavy (non-hydrogen) atoms. The van der Waals surface area contributed by atoms with Gasteiger partial charge in [0.2, 0.25) is 12.6 Å². The first kappa shape index (κ1) is 54.7. The molecule has 0 saturated heterocycles. The largest absolute Gasteiger partial charge is 0.513 e. The highest BCUT2D eigenvalue weighted by Gasteiger charge is 2.25. The van der Waals surface area contributed by atoms with E-state index in [1.165, 1.54) is 116 Å². The number of rotatable bonds is 40. The van der Waals surface area contributed by atoms with Crippen molar-refractivity contribution >= 4 is 18.1 Å². The summed E-state index contributed by atoms with van der Waals surface area (Å²) >= 11 is 0. The molecule has 2 rings (SSSR count). The molecule has 0 amide bonds. The maximum absolute atomic E-state index is 13.3. The van der Waals surface area contributed by atoms with E-state index in [0.717, 1.165) is 75.3 Å². The summed E-state index contributed by atoms with van der Waals surface area (Å²) in [5.74, 6) is -1.36. The van der Waals surface area contributed by atoms with Crippen LogP contribution in [0.5, 0.6) is 0 Å². The summed E-state index contributed by atoms with van der Waals surface area (Å²) < 4.78 is 11.2. The van der Waals surface area contributed by atoms with E-state index >= 15 is 0 Å². The number of carbonyl (C=O) groups excluding carboxylic acids is 3. The second-order valence-electron chi connectivity index (χ2n) is 17.2. The number of aryl methyl sites for hydroxylation is 2. The van der Waals surface area contributed by atoms with Crippen molar-refractivity contribution in [3.8, 4) is 0 Å². The molecule has 2 unspecified atom stereocenters. The summed E-state index contributed by atoms with van der Waals surface area (Å²) in [5, 5.41) is 0. The van der Waals surface area contributed by atoms with Crippen LogP contribution < -0.4 is 0 Å². The van der Waals surface area contributed by atoms with Gasteiger partial charge in [0, 0.05) is 12.8 Å². The fourth-order valence-electron chi connectivity index (χ4n) is 7.64. The minimum Gasteiger partial charge on any atom is -0.400 e. The molecule has 0 fully saturated rings. The van der Waals surface area contributed by atoms with Gasteiger partial charge in [0.1, 0.15) is 0 Å². The van der Waals surface area contributed by atoms with Gasteiger partial charge in [-0.1, -0.05) is 219 Å². The van der Waals surface area contributed by atoms with Gasteiger partial charge in [0.05, 0.1) is 11.1 Å². The van der Waals surface area contributed by atoms with Gasteiger partial charge in [0.25, 0.3) is 0 Å². The first-order chi connectivity index (χ1) is 30.4. The third-order valence-electron chi connectivity index (χ3n) is 11.5. The molecule has 0 heterocycles. The Morgan fingerprint density at radius 3 is 0.919 bits per heavy atom. The molecule has 0 aromatic heterocycles. The molecule has 9 heteroatoms. The van der Waals surface area contributed by atoms with E-state index in [0.29, 0.717) is 36.8 Å². The van der Waals surface area contributed by atoms with Crippen molar-refractivity contribution in [2.75, 3.05) is 0 Å². The predicted octanol–water partition coefficient (Wildman–Crippen LogP) is 16.2. The Bertz CT molecular complexity index is 1270. The van der Waals surface area contributed by atoms with Gasteiger partial charge < -0.3 is 9.47 Å². The lowest BCUT2D eigenvalue weighted by atomic mass is 10.0. The van der Waals surface area contributed by atoms with Gasteiger partial charge >= 0.3 is 18.1 Å². The van der Waals surface area contributed by atoms with Crippen molar-refractivity contribution in [3.63, 3.8) is 0 Å². The first-order valence-electron chi connectivity index (χ1n) is 25.2. The van der Waals surface area contributed by atoms with E-state index in [9.17, 15) is 14.4 Å². The topological polar surface area (TPSA) is 107 Å². The molecule has 0 saturated carbocycles. The predicted molar refractivity (Wildman–Crippen MR) is 250 cm³/mol. The SMILES string of the molecule is CCCCCCCCCCCCCCCC(OOC(=O)c1ccc(CCC)cc1)OC(=O)OC(CCCCCCCCCCCCCCC)OOC(=O)c1ccc(CCC)cc1. The molecule has 2 aromatic carbocycles. The van der Waals surface area contributed by atoms with Gasteiger partial charge in [0.15, 0.2) is 0 Å². The molecule has 0 bridgehead atoms. The van der Waals surface area contributed by atoms with E-state index in [2.05, 4.69) is 27.7 Å². The molecule has 0 aliphatic rings. The average molecular weight is 867 g/mol. The number of hydrogen-bond donors (Lipinski definition) is 0. The zero-order chi connectivity index (χ0) is 44.7. The maximum Gasteiger partial charge on any atom is 0.513 e. The Hall–Kier alpha value is -3.43. The highest BCUT2D eigenvalue weighted by molar-refractivity contribution is 5.89. The summed E-state index contributed by atoms with van der Waals surface area (Å²) in [5.41, 5.74) is 2.92. The minimum atomic E-state index is -1.19. The maximum atomic E-state index is 13.3. The van der Waals surface area contributed by atoms with E-state index in [4.69, 9.17) is 29.0 Å². The Morgan fingerprint density at radius 2 is 0.645 bits per heavy atom. The second kappa shape index (κ2) is 38.1. The third-order valence-corrected chi connectivity index (χ3v) is 11.5. The van der Waals surface area contributed by atoms with Gasteiger partial charge in [-0.3, -0.25) is 9.78 Å². The monoisotopic (exact) mass is 867 g/mol. The van der Waals surface area contributed by atoms with Gasteiger partial charge in [-0.2, -0.15) is 0 Å². The van der Waals surface area contributed by atoms with Crippen molar-refractivity contribution in [1.82, 2.24) is 0 Å². The second-order valence-corrected chi connectivity index (χ2v) is 17.2. The van der Waals surface area contributed by atoms with Gasteiger partial charge in [-0.15, -0.1) is 9.78 Å². The van der Waals surface area contributed by atoms with Crippen LogP contribution in [-0.4, -0.2) is 30.7 Å². The van der Waals surface area contributed by atoms with Crippen LogP contribution in [0.2, 0.25) is 0 Å². The van der Waals surface area contributed by atoms with Crippen molar-refractivity contribution in [2.24, 2.45) is 0 Å². The van der Waals surface area contributed by atoms with Crippen LogP contribution in [0.3, 0.4) is 0 Å². The Labute approximate surface area is 376 Å². The molecular formula is C53H86O9. The molecule has 2 atom stereocenters. The number of ether oxygens (including phenoxy) is 2. The van der Waals surface area contributed by atoms with Crippen molar-refractivity contribution in [1.29, 1.82) is 0 Å². The summed E-state index contributed by atoms with van der Waals surface area (Å²) in [7, 11) is 0. The molecule has 0 N–H and O–H groups in total. The van der Waals surface area contributed by atoms with E-state index < -0.39 is 30.7 Å². The summed E-state index contributed by atoms with van der Waals surface area (Å²) in [6, 6.07) is 14.4. The van der Waals surface area contributed by atoms with Gasteiger partial charge in [-0.25, -0.2) is 14.4 Å². The average Bonchev–Trinajstić information content (AvgIpc) is 3.28. The lowest BCUT2D eigenvalue weighted by Crippen LogP contribution is -2.28. The van der Waals surface area contributed by atoms with Crippen LogP contribution in [0.1, 0.15) is 252 Å². The van der Waals surface area contributed by atoms with Crippen LogP contribution in [-0.2, 0) is 41.9 Å². The van der Waals surface area contributed by atoms with E-state index in [1.54, 1.807) is 24.3 Å². The highest BCUT2D eigenvalue weighted by atomic mass is 17.2. The first-order valence-corrected chi connectivity index (χ1v) is 25.2. The summed E-state index contributed by atoms with van der Waals surface area (Å²) in [4.78, 5) is 60.4. The third kappa shape index (κ3) is 28.3. The Morgan fingerprint density at radius 1 is 0.371 bits per heavy atom. The molecule has 352 valence electrons.